The number of aliphatic hydroxyl groups is 1. The predicted octanol–water partition coefficient (Wildman–Crippen LogP) is 3.37. The summed E-state index contributed by atoms with van der Waals surface area (Å²) < 4.78 is 62.5. The molecule has 0 aliphatic rings. The van der Waals surface area contributed by atoms with Gasteiger partial charge in [-0.1, -0.05) is 0 Å². The van der Waals surface area contributed by atoms with E-state index in [1.165, 1.54) is 24.5 Å². The minimum absolute atomic E-state index is 0.0313. The molecular formula is C26H23F4N5O4. The fourth-order valence-corrected chi connectivity index (χ4v) is 3.99. The number of benzene rings is 1. The lowest BCUT2D eigenvalue weighted by atomic mass is 9.93. The van der Waals surface area contributed by atoms with Gasteiger partial charge in [0.1, 0.15) is 22.8 Å². The van der Waals surface area contributed by atoms with Gasteiger partial charge in [-0.15, -0.1) is 0 Å². The highest BCUT2D eigenvalue weighted by molar-refractivity contribution is 6.05. The quantitative estimate of drug-likeness (QED) is 0.238. The van der Waals surface area contributed by atoms with E-state index in [4.69, 9.17) is 10.5 Å². The Kier molecular flexibility index (Phi) is 7.54. The first kappa shape index (κ1) is 27.5. The van der Waals surface area contributed by atoms with Gasteiger partial charge < -0.3 is 25.9 Å². The molecule has 0 aliphatic carbocycles. The highest BCUT2D eigenvalue weighted by atomic mass is 19.4. The number of pyridine rings is 2. The van der Waals surface area contributed by atoms with Crippen LogP contribution in [0, 0.1) is 5.82 Å². The average Bonchev–Trinajstić information content (AvgIpc) is 3.32. The average molecular weight is 545 g/mol. The summed E-state index contributed by atoms with van der Waals surface area (Å²) in [7, 11) is 0. The van der Waals surface area contributed by atoms with Crippen molar-refractivity contribution < 1.29 is 37.0 Å². The normalized spacial score (nSPS) is 13.2. The van der Waals surface area contributed by atoms with Crippen LogP contribution in [0.1, 0.15) is 28.5 Å². The number of halogens is 4. The fourth-order valence-electron chi connectivity index (χ4n) is 3.99. The fraction of sp³-hybridized carbons (Fsp3) is 0.231. The van der Waals surface area contributed by atoms with Gasteiger partial charge in [0, 0.05) is 23.5 Å². The number of hydrogen-bond acceptors (Lipinski definition) is 6. The molecule has 0 saturated carbocycles. The van der Waals surface area contributed by atoms with Gasteiger partial charge in [-0.05, 0) is 49.4 Å². The molecule has 13 heteroatoms. The highest BCUT2D eigenvalue weighted by Gasteiger charge is 2.56. The number of primary amides is 1. The largest absolute Gasteiger partial charge is 0.491 e. The van der Waals surface area contributed by atoms with Crippen molar-refractivity contribution in [1.29, 1.82) is 0 Å². The standard InChI is InChI=1S/C26H23F4N5O4/c1-2-39-23-15(11-20(31)36)10-19(35-21(23)14-5-7-16(27)8-6-14)25(38,26(28,29)30)13-34-24(37)17-12-33-18-4-3-9-32-22(17)18/h3-10,12,33,38H,2,11,13H2,1H3,(H2,31,36)(H,34,37)/t25-/m0/s1. The van der Waals surface area contributed by atoms with Crippen molar-refractivity contribution in [2.45, 2.75) is 25.1 Å². The SMILES string of the molecule is CCOc1c(CC(N)=O)cc([C@@](O)(CNC(=O)c2c[nH]c3cccnc23)C(F)(F)F)nc1-c1ccc(F)cc1. The molecule has 0 unspecified atom stereocenters. The van der Waals surface area contributed by atoms with Crippen molar-refractivity contribution in [3.8, 4) is 17.0 Å². The summed E-state index contributed by atoms with van der Waals surface area (Å²) >= 11 is 0. The Balaban J connectivity index is 1.81. The molecule has 1 atom stereocenters. The Labute approximate surface area is 219 Å². The predicted molar refractivity (Wildman–Crippen MR) is 132 cm³/mol. The monoisotopic (exact) mass is 545 g/mol. The number of H-pyrrole nitrogens is 1. The Hall–Kier alpha value is -4.52. The highest BCUT2D eigenvalue weighted by Crippen LogP contribution is 2.42. The van der Waals surface area contributed by atoms with E-state index in [1.807, 2.05) is 0 Å². The van der Waals surface area contributed by atoms with Crippen molar-refractivity contribution in [1.82, 2.24) is 20.3 Å². The van der Waals surface area contributed by atoms with Crippen LogP contribution in [0.4, 0.5) is 17.6 Å². The molecule has 2 amide bonds. The van der Waals surface area contributed by atoms with Crippen LogP contribution < -0.4 is 15.8 Å². The molecule has 0 fully saturated rings. The minimum atomic E-state index is -5.33. The molecule has 4 aromatic rings. The van der Waals surface area contributed by atoms with Gasteiger partial charge in [-0.2, -0.15) is 13.2 Å². The molecule has 3 aromatic heterocycles. The number of carbonyl (C=O) groups is 2. The lowest BCUT2D eigenvalue weighted by Gasteiger charge is -2.31. The van der Waals surface area contributed by atoms with Crippen LogP contribution in [0.5, 0.6) is 5.75 Å². The van der Waals surface area contributed by atoms with Crippen LogP contribution in [0.25, 0.3) is 22.3 Å². The van der Waals surface area contributed by atoms with Crippen molar-refractivity contribution >= 4 is 22.8 Å². The Bertz CT molecular complexity index is 1520. The van der Waals surface area contributed by atoms with Gasteiger partial charge in [0.15, 0.2) is 0 Å². The summed E-state index contributed by atoms with van der Waals surface area (Å²) in [5.74, 6) is -2.46. The van der Waals surface area contributed by atoms with Crippen LogP contribution in [0.3, 0.4) is 0 Å². The first-order valence-corrected chi connectivity index (χ1v) is 11.7. The maximum atomic E-state index is 14.4. The molecule has 0 saturated heterocycles. The lowest BCUT2D eigenvalue weighted by molar-refractivity contribution is -0.265. The summed E-state index contributed by atoms with van der Waals surface area (Å²) in [6.07, 6.45) is -3.17. The van der Waals surface area contributed by atoms with Crippen LogP contribution in [0.15, 0.2) is 54.9 Å². The second-order valence-electron chi connectivity index (χ2n) is 8.57. The molecule has 3 heterocycles. The summed E-state index contributed by atoms with van der Waals surface area (Å²) in [6.45, 7) is 0.339. The van der Waals surface area contributed by atoms with E-state index < -0.39 is 48.1 Å². The smallest absolute Gasteiger partial charge is 0.424 e. The van der Waals surface area contributed by atoms with Crippen molar-refractivity contribution in [3.05, 3.63) is 77.5 Å². The molecule has 0 radical (unpaired) electrons. The molecule has 39 heavy (non-hydrogen) atoms. The zero-order chi connectivity index (χ0) is 28.4. The molecule has 0 aliphatic heterocycles. The zero-order valence-electron chi connectivity index (χ0n) is 20.5. The number of nitrogens with two attached hydrogens (primary N) is 1. The maximum Gasteiger partial charge on any atom is 0.424 e. The Morgan fingerprint density at radius 3 is 2.54 bits per heavy atom. The van der Waals surface area contributed by atoms with Gasteiger partial charge in [0.05, 0.1) is 36.3 Å². The second kappa shape index (κ2) is 10.7. The van der Waals surface area contributed by atoms with E-state index in [1.54, 1.807) is 19.1 Å². The number of hydrogen-bond donors (Lipinski definition) is 4. The summed E-state index contributed by atoms with van der Waals surface area (Å²) in [6, 6.07) is 8.76. The summed E-state index contributed by atoms with van der Waals surface area (Å²) in [5.41, 5.74) is 1.28. The number of carbonyl (C=O) groups excluding carboxylic acids is 2. The molecule has 0 spiro atoms. The topological polar surface area (TPSA) is 143 Å². The van der Waals surface area contributed by atoms with E-state index in [0.717, 1.165) is 18.2 Å². The second-order valence-corrected chi connectivity index (χ2v) is 8.57. The van der Waals surface area contributed by atoms with Crippen molar-refractivity contribution in [3.63, 3.8) is 0 Å². The molecule has 204 valence electrons. The van der Waals surface area contributed by atoms with Crippen molar-refractivity contribution in [2.24, 2.45) is 5.73 Å². The number of rotatable bonds is 9. The molecule has 5 N–H and O–H groups in total. The van der Waals surface area contributed by atoms with Crippen LogP contribution >= 0.6 is 0 Å². The van der Waals surface area contributed by atoms with E-state index in [9.17, 15) is 32.3 Å². The van der Waals surface area contributed by atoms with Gasteiger partial charge in [0.2, 0.25) is 11.5 Å². The Morgan fingerprint density at radius 1 is 1.18 bits per heavy atom. The van der Waals surface area contributed by atoms with E-state index in [2.05, 4.69) is 20.3 Å². The third kappa shape index (κ3) is 5.53. The number of ether oxygens (including phenoxy) is 1. The first-order chi connectivity index (χ1) is 18.4. The lowest BCUT2D eigenvalue weighted by Crippen LogP contribution is -2.51. The third-order valence-corrected chi connectivity index (χ3v) is 5.90. The number of aromatic amines is 1. The van der Waals surface area contributed by atoms with Gasteiger partial charge in [0.25, 0.3) is 5.91 Å². The van der Waals surface area contributed by atoms with E-state index >= 15 is 0 Å². The number of amides is 2. The van der Waals surface area contributed by atoms with Crippen LogP contribution in [-0.4, -0.2) is 51.2 Å². The number of aromatic nitrogens is 3. The van der Waals surface area contributed by atoms with Gasteiger partial charge in [-0.25, -0.2) is 9.37 Å². The number of fused-ring (bicyclic) bond motifs is 1. The third-order valence-electron chi connectivity index (χ3n) is 5.90. The number of nitrogens with one attached hydrogen (secondary N) is 2. The minimum Gasteiger partial charge on any atom is -0.491 e. The maximum absolute atomic E-state index is 14.4. The molecule has 1 aromatic carbocycles. The van der Waals surface area contributed by atoms with Crippen LogP contribution in [0.2, 0.25) is 0 Å². The first-order valence-electron chi connectivity index (χ1n) is 11.7. The summed E-state index contributed by atoms with van der Waals surface area (Å²) in [5, 5.41) is 13.1. The van der Waals surface area contributed by atoms with Gasteiger partial charge >= 0.3 is 6.18 Å². The number of alkyl halides is 3. The summed E-state index contributed by atoms with van der Waals surface area (Å²) in [4.78, 5) is 35.5. The van der Waals surface area contributed by atoms with Crippen molar-refractivity contribution in [2.75, 3.05) is 13.2 Å². The molecule has 9 nitrogen and oxygen atoms in total. The molecule has 4 rings (SSSR count). The van der Waals surface area contributed by atoms with E-state index in [0.29, 0.717) is 5.52 Å². The van der Waals surface area contributed by atoms with Crippen LogP contribution in [-0.2, 0) is 16.8 Å². The molecule has 0 bridgehead atoms. The Morgan fingerprint density at radius 2 is 1.90 bits per heavy atom. The van der Waals surface area contributed by atoms with E-state index in [-0.39, 0.29) is 40.3 Å². The number of nitrogens with zero attached hydrogens (tertiary/aromatic N) is 2. The molecular weight excluding hydrogens is 522 g/mol. The zero-order valence-corrected chi connectivity index (χ0v) is 20.5. The van der Waals surface area contributed by atoms with Gasteiger partial charge in [-0.3, -0.25) is 14.6 Å².